The van der Waals surface area contributed by atoms with Crippen molar-refractivity contribution in [2.45, 2.75) is 25.8 Å². The summed E-state index contributed by atoms with van der Waals surface area (Å²) >= 11 is 0. The normalized spacial score (nSPS) is 14.2. The Morgan fingerprint density at radius 1 is 1.37 bits per heavy atom. The second-order valence-electron chi connectivity index (χ2n) is 4.42. The molecule has 1 aliphatic rings. The number of nitrogens with one attached hydrogen (secondary N) is 1. The molecule has 1 aromatic rings. The van der Waals surface area contributed by atoms with Crippen LogP contribution in [0.3, 0.4) is 0 Å². The van der Waals surface area contributed by atoms with Gasteiger partial charge < -0.3 is 20.5 Å². The minimum absolute atomic E-state index is 0. The van der Waals surface area contributed by atoms with E-state index in [9.17, 15) is 4.79 Å². The molecule has 1 amide bonds. The predicted molar refractivity (Wildman–Crippen MR) is 76.2 cm³/mol. The Morgan fingerprint density at radius 2 is 2.05 bits per heavy atom. The zero-order valence-corrected chi connectivity index (χ0v) is 11.7. The van der Waals surface area contributed by atoms with E-state index in [0.29, 0.717) is 37.5 Å². The summed E-state index contributed by atoms with van der Waals surface area (Å²) in [5, 5.41) is 2.82. The maximum Gasteiger partial charge on any atom is 0.224 e. The summed E-state index contributed by atoms with van der Waals surface area (Å²) in [6, 6.07) is 5.42. The van der Waals surface area contributed by atoms with E-state index >= 15 is 0 Å². The van der Waals surface area contributed by atoms with E-state index in [4.69, 9.17) is 15.2 Å². The third-order valence-electron chi connectivity index (χ3n) is 2.65. The van der Waals surface area contributed by atoms with Crippen molar-refractivity contribution >= 4 is 24.0 Å². The molecule has 1 unspecified atom stereocenters. The Kier molecular flexibility index (Phi) is 5.92. The van der Waals surface area contributed by atoms with E-state index in [2.05, 4.69) is 5.32 Å². The predicted octanol–water partition coefficient (Wildman–Crippen LogP) is 1.95. The monoisotopic (exact) mass is 286 g/mol. The second-order valence-corrected chi connectivity index (χ2v) is 4.42. The molecule has 0 saturated carbocycles. The first-order chi connectivity index (χ1) is 8.65. The number of fused-ring (bicyclic) bond motifs is 1. The van der Waals surface area contributed by atoms with E-state index in [0.717, 1.165) is 5.75 Å². The summed E-state index contributed by atoms with van der Waals surface area (Å²) in [5.74, 6) is 1.35. The number of amides is 1. The molecule has 1 aromatic carbocycles. The Bertz CT molecular complexity index is 438. The fourth-order valence-corrected chi connectivity index (χ4v) is 1.70. The number of carbonyl (C=O) groups is 1. The molecule has 0 spiro atoms. The zero-order chi connectivity index (χ0) is 13.0. The molecule has 19 heavy (non-hydrogen) atoms. The number of halogens is 1. The van der Waals surface area contributed by atoms with Gasteiger partial charge in [0.05, 0.1) is 0 Å². The number of nitrogens with two attached hydrogens (primary N) is 1. The van der Waals surface area contributed by atoms with Gasteiger partial charge in [-0.15, -0.1) is 12.4 Å². The largest absolute Gasteiger partial charge is 0.486 e. The van der Waals surface area contributed by atoms with E-state index in [1.807, 2.05) is 6.92 Å². The van der Waals surface area contributed by atoms with Gasteiger partial charge in [-0.1, -0.05) is 0 Å². The molecule has 5 nitrogen and oxygen atoms in total. The maximum atomic E-state index is 11.6. The lowest BCUT2D eigenvalue weighted by atomic mass is 10.2. The van der Waals surface area contributed by atoms with E-state index < -0.39 is 0 Å². The fourth-order valence-electron chi connectivity index (χ4n) is 1.70. The van der Waals surface area contributed by atoms with Crippen molar-refractivity contribution in [1.82, 2.24) is 0 Å². The molecule has 1 aliphatic heterocycles. The van der Waals surface area contributed by atoms with E-state index in [-0.39, 0.29) is 24.4 Å². The van der Waals surface area contributed by atoms with Gasteiger partial charge in [0, 0.05) is 24.2 Å². The number of rotatable bonds is 4. The van der Waals surface area contributed by atoms with Crippen LogP contribution in [0.2, 0.25) is 0 Å². The SMILES string of the molecule is CC(N)CCC(=O)Nc1ccc2c(c1)OCCO2.Cl. The first-order valence-corrected chi connectivity index (χ1v) is 6.10. The van der Waals surface area contributed by atoms with Crippen LogP contribution in [0.5, 0.6) is 11.5 Å². The quantitative estimate of drug-likeness (QED) is 0.887. The summed E-state index contributed by atoms with van der Waals surface area (Å²) < 4.78 is 10.9. The highest BCUT2D eigenvalue weighted by molar-refractivity contribution is 5.91. The first kappa shape index (κ1) is 15.6. The first-order valence-electron chi connectivity index (χ1n) is 6.10. The van der Waals surface area contributed by atoms with Crippen molar-refractivity contribution in [1.29, 1.82) is 0 Å². The van der Waals surface area contributed by atoms with Gasteiger partial charge in [-0.2, -0.15) is 0 Å². The lowest BCUT2D eigenvalue weighted by Crippen LogP contribution is -2.20. The van der Waals surface area contributed by atoms with Gasteiger partial charge in [0.1, 0.15) is 13.2 Å². The zero-order valence-electron chi connectivity index (χ0n) is 10.8. The van der Waals surface area contributed by atoms with Crippen molar-refractivity contribution in [3.05, 3.63) is 18.2 Å². The fraction of sp³-hybridized carbons (Fsp3) is 0.462. The summed E-state index contributed by atoms with van der Waals surface area (Å²) in [5.41, 5.74) is 6.33. The second kappa shape index (κ2) is 7.21. The third-order valence-corrected chi connectivity index (χ3v) is 2.65. The number of benzene rings is 1. The molecule has 0 aliphatic carbocycles. The van der Waals surface area contributed by atoms with Crippen LogP contribution in [0.25, 0.3) is 0 Å². The van der Waals surface area contributed by atoms with Crippen LogP contribution >= 0.6 is 12.4 Å². The number of ether oxygens (including phenoxy) is 2. The molecule has 1 atom stereocenters. The number of carbonyl (C=O) groups excluding carboxylic acids is 1. The van der Waals surface area contributed by atoms with Crippen LogP contribution in [0, 0.1) is 0 Å². The minimum atomic E-state index is -0.0380. The average molecular weight is 287 g/mol. The average Bonchev–Trinajstić information content (AvgIpc) is 2.36. The van der Waals surface area contributed by atoms with Crippen molar-refractivity contribution in [3.8, 4) is 11.5 Å². The number of hydrogen-bond acceptors (Lipinski definition) is 4. The van der Waals surface area contributed by atoms with Crippen LogP contribution in [-0.2, 0) is 4.79 Å². The lowest BCUT2D eigenvalue weighted by molar-refractivity contribution is -0.116. The van der Waals surface area contributed by atoms with Gasteiger partial charge in [0.2, 0.25) is 5.91 Å². The molecule has 6 heteroatoms. The molecule has 0 saturated heterocycles. The summed E-state index contributed by atoms with van der Waals surface area (Å²) in [6.45, 7) is 2.99. The minimum Gasteiger partial charge on any atom is -0.486 e. The Morgan fingerprint density at radius 3 is 2.74 bits per heavy atom. The Labute approximate surface area is 118 Å². The van der Waals surface area contributed by atoms with E-state index in [1.165, 1.54) is 0 Å². The van der Waals surface area contributed by atoms with Crippen LogP contribution in [-0.4, -0.2) is 25.2 Å². The highest BCUT2D eigenvalue weighted by Gasteiger charge is 2.12. The third kappa shape index (κ3) is 4.61. The highest BCUT2D eigenvalue weighted by atomic mass is 35.5. The molecule has 1 heterocycles. The molecule has 2 rings (SSSR count). The number of hydrogen-bond donors (Lipinski definition) is 2. The van der Waals surface area contributed by atoms with Crippen molar-refractivity contribution in [2.75, 3.05) is 18.5 Å². The molecular weight excluding hydrogens is 268 g/mol. The smallest absolute Gasteiger partial charge is 0.224 e. The summed E-state index contributed by atoms with van der Waals surface area (Å²) in [6.07, 6.45) is 1.10. The molecule has 0 aromatic heterocycles. The summed E-state index contributed by atoms with van der Waals surface area (Å²) in [7, 11) is 0. The molecule has 3 N–H and O–H groups in total. The summed E-state index contributed by atoms with van der Waals surface area (Å²) in [4.78, 5) is 11.6. The van der Waals surface area contributed by atoms with Crippen LogP contribution in [0.15, 0.2) is 18.2 Å². The van der Waals surface area contributed by atoms with Gasteiger partial charge in [-0.3, -0.25) is 4.79 Å². The Hall–Kier alpha value is -1.46. The molecule has 0 radical (unpaired) electrons. The van der Waals surface area contributed by atoms with E-state index in [1.54, 1.807) is 18.2 Å². The Balaban J connectivity index is 0.00000180. The van der Waals surface area contributed by atoms with Gasteiger partial charge in [-0.05, 0) is 25.5 Å². The maximum absolute atomic E-state index is 11.6. The standard InChI is InChI=1S/C13H18N2O3.ClH/c1-9(14)2-5-13(16)15-10-3-4-11-12(8-10)18-7-6-17-11;/h3-4,8-9H,2,5-7,14H2,1H3,(H,15,16);1H. The lowest BCUT2D eigenvalue weighted by Gasteiger charge is -2.19. The van der Waals surface area contributed by atoms with Crippen LogP contribution < -0.4 is 20.5 Å². The van der Waals surface area contributed by atoms with Gasteiger partial charge in [-0.25, -0.2) is 0 Å². The molecule has 0 fully saturated rings. The van der Waals surface area contributed by atoms with Crippen LogP contribution in [0.1, 0.15) is 19.8 Å². The van der Waals surface area contributed by atoms with Gasteiger partial charge in [0.25, 0.3) is 0 Å². The molecule has 0 bridgehead atoms. The molecular formula is C13H19ClN2O3. The van der Waals surface area contributed by atoms with Crippen molar-refractivity contribution in [2.24, 2.45) is 5.73 Å². The van der Waals surface area contributed by atoms with Gasteiger partial charge >= 0.3 is 0 Å². The van der Waals surface area contributed by atoms with Crippen LogP contribution in [0.4, 0.5) is 5.69 Å². The topological polar surface area (TPSA) is 73.6 Å². The molecule has 106 valence electrons. The van der Waals surface area contributed by atoms with Crippen molar-refractivity contribution < 1.29 is 14.3 Å². The highest BCUT2D eigenvalue weighted by Crippen LogP contribution is 2.32. The number of anilines is 1. The van der Waals surface area contributed by atoms with Gasteiger partial charge in [0.15, 0.2) is 11.5 Å². The van der Waals surface area contributed by atoms with Crippen molar-refractivity contribution in [3.63, 3.8) is 0 Å².